The van der Waals surface area contributed by atoms with Crippen LogP contribution in [0.4, 0.5) is 5.82 Å². The molecule has 2 aliphatic rings. The summed E-state index contributed by atoms with van der Waals surface area (Å²) in [5, 5.41) is 11.2. The molecule has 8 nitrogen and oxygen atoms in total. The van der Waals surface area contributed by atoms with Crippen LogP contribution in [0.2, 0.25) is 0 Å². The highest BCUT2D eigenvalue weighted by Crippen LogP contribution is 2.38. The van der Waals surface area contributed by atoms with Gasteiger partial charge in [-0.1, -0.05) is 5.16 Å². The summed E-state index contributed by atoms with van der Waals surface area (Å²) in [6, 6.07) is 2.14. The van der Waals surface area contributed by atoms with E-state index in [1.54, 1.807) is 0 Å². The first-order valence-corrected chi connectivity index (χ1v) is 8.05. The van der Waals surface area contributed by atoms with Crippen LogP contribution in [0.15, 0.2) is 16.8 Å². The van der Waals surface area contributed by atoms with Crippen molar-refractivity contribution in [2.75, 3.05) is 18.4 Å². The van der Waals surface area contributed by atoms with E-state index in [1.807, 2.05) is 16.9 Å². The summed E-state index contributed by atoms with van der Waals surface area (Å²) in [6.45, 7) is 4.07. The zero-order chi connectivity index (χ0) is 15.8. The first-order valence-electron chi connectivity index (χ1n) is 8.05. The van der Waals surface area contributed by atoms with Crippen LogP contribution in [-0.2, 0) is 11.3 Å². The lowest BCUT2D eigenvalue weighted by atomic mass is 10.3. The maximum atomic E-state index is 11.1. The monoisotopic (exact) mass is 316 g/mol. The zero-order valence-corrected chi connectivity index (χ0v) is 13.1. The maximum absolute atomic E-state index is 11.1. The fourth-order valence-electron chi connectivity index (χ4n) is 2.99. The number of aromatic nitrogens is 4. The number of hydrogen-bond donors (Lipinski definition) is 1. The van der Waals surface area contributed by atoms with Gasteiger partial charge in [-0.2, -0.15) is 10.1 Å². The van der Waals surface area contributed by atoms with Crippen molar-refractivity contribution < 1.29 is 9.32 Å². The highest BCUT2D eigenvalue weighted by atomic mass is 16.5. The molecule has 2 fully saturated rings. The molecule has 0 bridgehead atoms. The maximum Gasteiger partial charge on any atom is 0.229 e. The minimum Gasteiger partial charge on any atom is -0.339 e. The quantitative estimate of drug-likeness (QED) is 0.900. The Labute approximate surface area is 133 Å². The Bertz CT molecular complexity index is 704. The molecule has 1 amide bonds. The molecule has 8 heteroatoms. The van der Waals surface area contributed by atoms with E-state index in [1.165, 1.54) is 19.8 Å². The number of anilines is 1. The normalized spacial score (nSPS) is 21.7. The van der Waals surface area contributed by atoms with Crippen LogP contribution in [-0.4, -0.2) is 43.8 Å². The van der Waals surface area contributed by atoms with Crippen molar-refractivity contribution in [1.29, 1.82) is 0 Å². The van der Waals surface area contributed by atoms with Crippen molar-refractivity contribution >= 4 is 11.7 Å². The van der Waals surface area contributed by atoms with E-state index in [4.69, 9.17) is 4.52 Å². The van der Waals surface area contributed by atoms with Crippen molar-refractivity contribution in [3.05, 3.63) is 24.0 Å². The number of rotatable bonds is 5. The largest absolute Gasteiger partial charge is 0.339 e. The van der Waals surface area contributed by atoms with Gasteiger partial charge in [-0.15, -0.1) is 0 Å². The minimum absolute atomic E-state index is 0.105. The summed E-state index contributed by atoms with van der Waals surface area (Å²) >= 11 is 0. The number of carbonyl (C=O) groups excluding carboxylic acids is 1. The van der Waals surface area contributed by atoms with Crippen LogP contribution in [0.25, 0.3) is 0 Å². The van der Waals surface area contributed by atoms with Gasteiger partial charge >= 0.3 is 0 Å². The molecular formula is C15H20N6O2. The van der Waals surface area contributed by atoms with Gasteiger partial charge in [-0.05, 0) is 19.3 Å². The number of carbonyl (C=O) groups is 1. The van der Waals surface area contributed by atoms with E-state index in [9.17, 15) is 4.79 Å². The first-order chi connectivity index (χ1) is 11.2. The molecule has 1 N–H and O–H groups in total. The third kappa shape index (κ3) is 3.26. The second kappa shape index (κ2) is 5.77. The SMILES string of the molecule is CC(=O)Nc1ccn([C@@H]2CCN(Cc3noc(C4CC4)n3)C2)n1. The van der Waals surface area contributed by atoms with Gasteiger partial charge in [0.25, 0.3) is 0 Å². The van der Waals surface area contributed by atoms with E-state index in [2.05, 4.69) is 25.5 Å². The summed E-state index contributed by atoms with van der Waals surface area (Å²) in [4.78, 5) is 17.9. The van der Waals surface area contributed by atoms with Gasteiger partial charge in [-0.3, -0.25) is 14.4 Å². The van der Waals surface area contributed by atoms with E-state index in [0.717, 1.165) is 31.2 Å². The van der Waals surface area contributed by atoms with Gasteiger partial charge in [0.2, 0.25) is 11.8 Å². The average molecular weight is 316 g/mol. The van der Waals surface area contributed by atoms with Crippen LogP contribution in [0, 0.1) is 0 Å². The predicted octanol–water partition coefficient (Wildman–Crippen LogP) is 1.55. The van der Waals surface area contributed by atoms with Crippen LogP contribution >= 0.6 is 0 Å². The number of nitrogens with one attached hydrogen (secondary N) is 1. The van der Waals surface area contributed by atoms with Crippen molar-refractivity contribution in [3.63, 3.8) is 0 Å². The van der Waals surface area contributed by atoms with Crippen molar-refractivity contribution in [2.45, 2.75) is 44.7 Å². The van der Waals surface area contributed by atoms with Crippen LogP contribution < -0.4 is 5.32 Å². The van der Waals surface area contributed by atoms with E-state index in [0.29, 0.717) is 24.3 Å². The standard InChI is InChI=1S/C15H20N6O2/c1-10(22)16-13-5-7-21(18-13)12-4-6-20(8-12)9-14-17-15(23-19-14)11-2-3-11/h5,7,11-12H,2-4,6,8-9H2,1H3,(H,16,18,22)/t12-/m1/s1. The molecule has 1 aliphatic heterocycles. The Morgan fingerprint density at radius 3 is 3.09 bits per heavy atom. The summed E-state index contributed by atoms with van der Waals surface area (Å²) in [7, 11) is 0. The molecule has 0 spiro atoms. The zero-order valence-electron chi connectivity index (χ0n) is 13.1. The summed E-state index contributed by atoms with van der Waals surface area (Å²) < 4.78 is 7.23. The van der Waals surface area contributed by atoms with Crippen molar-refractivity contribution in [3.8, 4) is 0 Å². The van der Waals surface area contributed by atoms with Crippen LogP contribution in [0.3, 0.4) is 0 Å². The Morgan fingerprint density at radius 2 is 2.30 bits per heavy atom. The number of likely N-dealkylation sites (tertiary alicyclic amines) is 1. The van der Waals surface area contributed by atoms with Gasteiger partial charge in [0.05, 0.1) is 12.6 Å². The molecule has 2 aromatic rings. The number of hydrogen-bond acceptors (Lipinski definition) is 6. The summed E-state index contributed by atoms with van der Waals surface area (Å²) in [5.41, 5.74) is 0. The Balaban J connectivity index is 1.34. The number of nitrogens with zero attached hydrogens (tertiary/aromatic N) is 5. The van der Waals surface area contributed by atoms with Gasteiger partial charge in [0.1, 0.15) is 0 Å². The second-order valence-corrected chi connectivity index (χ2v) is 6.36. The molecule has 1 saturated carbocycles. The van der Waals surface area contributed by atoms with Crippen LogP contribution in [0.1, 0.15) is 49.9 Å². The molecule has 1 saturated heterocycles. The predicted molar refractivity (Wildman–Crippen MR) is 81.7 cm³/mol. The smallest absolute Gasteiger partial charge is 0.229 e. The molecule has 23 heavy (non-hydrogen) atoms. The van der Waals surface area contributed by atoms with Gasteiger partial charge < -0.3 is 9.84 Å². The third-order valence-electron chi connectivity index (χ3n) is 4.31. The summed E-state index contributed by atoms with van der Waals surface area (Å²) in [6.07, 6.45) is 5.28. The topological polar surface area (TPSA) is 89.1 Å². The van der Waals surface area contributed by atoms with E-state index < -0.39 is 0 Å². The van der Waals surface area contributed by atoms with Crippen LogP contribution in [0.5, 0.6) is 0 Å². The average Bonchev–Trinajstić information content (AvgIpc) is 2.90. The molecule has 2 aromatic heterocycles. The fraction of sp³-hybridized carbons (Fsp3) is 0.600. The molecule has 1 aliphatic carbocycles. The molecule has 1 atom stereocenters. The molecule has 4 rings (SSSR count). The van der Waals surface area contributed by atoms with Crippen molar-refractivity contribution in [1.82, 2.24) is 24.8 Å². The third-order valence-corrected chi connectivity index (χ3v) is 4.31. The lowest BCUT2D eigenvalue weighted by Crippen LogP contribution is -2.22. The lowest BCUT2D eigenvalue weighted by Gasteiger charge is -2.13. The Hall–Kier alpha value is -2.22. The van der Waals surface area contributed by atoms with Gasteiger partial charge in [-0.25, -0.2) is 0 Å². The van der Waals surface area contributed by atoms with E-state index >= 15 is 0 Å². The lowest BCUT2D eigenvalue weighted by molar-refractivity contribution is -0.114. The number of amides is 1. The molecule has 3 heterocycles. The molecule has 0 aromatic carbocycles. The van der Waals surface area contributed by atoms with Gasteiger partial charge in [0, 0.05) is 38.2 Å². The van der Waals surface area contributed by atoms with Gasteiger partial charge in [0.15, 0.2) is 11.6 Å². The summed E-state index contributed by atoms with van der Waals surface area (Å²) in [5.74, 6) is 2.56. The molecule has 0 unspecified atom stereocenters. The van der Waals surface area contributed by atoms with E-state index in [-0.39, 0.29) is 5.91 Å². The van der Waals surface area contributed by atoms with Crippen molar-refractivity contribution in [2.24, 2.45) is 0 Å². The molecular weight excluding hydrogens is 296 g/mol. The minimum atomic E-state index is -0.105. The second-order valence-electron chi connectivity index (χ2n) is 6.36. The Kier molecular flexibility index (Phi) is 3.60. The fourth-order valence-corrected chi connectivity index (χ4v) is 2.99. The molecule has 122 valence electrons. The first kappa shape index (κ1) is 14.4. The highest BCUT2D eigenvalue weighted by Gasteiger charge is 2.30. The Morgan fingerprint density at radius 1 is 1.43 bits per heavy atom. The highest BCUT2D eigenvalue weighted by molar-refractivity contribution is 5.87. The molecule has 0 radical (unpaired) electrons.